The quantitative estimate of drug-likeness (QED) is 0.557. The van der Waals surface area contributed by atoms with Crippen LogP contribution in [0.25, 0.3) is 0 Å². The van der Waals surface area contributed by atoms with Gasteiger partial charge in [0.2, 0.25) is 0 Å². The topological polar surface area (TPSA) is 49.7 Å². The fourth-order valence-electron chi connectivity index (χ4n) is 3.37. The van der Waals surface area contributed by atoms with Crippen LogP contribution in [0.4, 0.5) is 0 Å². The van der Waals surface area contributed by atoms with E-state index in [-0.39, 0.29) is 35.2 Å². The van der Waals surface area contributed by atoms with Crippen molar-refractivity contribution in [3.63, 3.8) is 0 Å². The molecular weight excluding hydrogens is 336 g/mol. The minimum absolute atomic E-state index is 0.215. The van der Waals surface area contributed by atoms with Gasteiger partial charge in [0.15, 0.2) is 0 Å². The van der Waals surface area contributed by atoms with Crippen molar-refractivity contribution in [2.45, 2.75) is 79.1 Å². The molecule has 2 aromatic rings. The third kappa shape index (κ3) is 4.58. The van der Waals surface area contributed by atoms with E-state index in [1.807, 2.05) is 0 Å². The van der Waals surface area contributed by atoms with Gasteiger partial charge < -0.3 is 14.9 Å². The lowest BCUT2D eigenvalue weighted by atomic mass is 9.91. The van der Waals surface area contributed by atoms with E-state index in [4.69, 9.17) is 4.74 Å². The monoisotopic (exact) mass is 370 g/mol. The normalized spacial score (nSPS) is 11.9. The molecule has 0 fully saturated rings. The van der Waals surface area contributed by atoms with Crippen molar-refractivity contribution in [3.05, 3.63) is 46.5 Å². The Balaban J connectivity index is 2.77. The number of phenolic OH excluding ortho intramolecular Hbond substituents is 2. The highest BCUT2D eigenvalue weighted by Crippen LogP contribution is 2.45. The lowest BCUT2D eigenvalue weighted by Crippen LogP contribution is -2.05. The summed E-state index contributed by atoms with van der Waals surface area (Å²) in [6.07, 6.45) is 0. The molecule has 0 aliphatic carbocycles. The smallest absolute Gasteiger partial charge is 0.134 e. The zero-order chi connectivity index (χ0) is 20.5. The average molecular weight is 371 g/mol. The number of benzene rings is 2. The number of hydrogen-bond acceptors (Lipinski definition) is 3. The number of rotatable bonds is 6. The highest BCUT2D eigenvalue weighted by Gasteiger charge is 2.23. The van der Waals surface area contributed by atoms with E-state index in [0.29, 0.717) is 0 Å². The van der Waals surface area contributed by atoms with Crippen LogP contribution in [-0.2, 0) is 0 Å². The summed E-state index contributed by atoms with van der Waals surface area (Å²) in [5.74, 6) is 3.05. The van der Waals surface area contributed by atoms with Crippen LogP contribution in [0.2, 0.25) is 0 Å². The molecule has 0 spiro atoms. The van der Waals surface area contributed by atoms with Crippen LogP contribution in [0.5, 0.6) is 23.0 Å². The Morgan fingerprint density at radius 2 is 0.741 bits per heavy atom. The van der Waals surface area contributed by atoms with Gasteiger partial charge in [-0.1, -0.05) is 55.4 Å². The Kier molecular flexibility index (Phi) is 6.46. The van der Waals surface area contributed by atoms with Crippen molar-refractivity contribution in [1.82, 2.24) is 0 Å². The molecule has 0 radical (unpaired) electrons. The first-order valence-electron chi connectivity index (χ1n) is 9.94. The number of ether oxygens (including phenoxy) is 1. The van der Waals surface area contributed by atoms with Gasteiger partial charge in [0.25, 0.3) is 0 Å². The summed E-state index contributed by atoms with van der Waals surface area (Å²) >= 11 is 0. The lowest BCUT2D eigenvalue weighted by Gasteiger charge is -2.25. The largest absolute Gasteiger partial charge is 0.508 e. The van der Waals surface area contributed by atoms with Crippen LogP contribution >= 0.6 is 0 Å². The third-order valence-corrected chi connectivity index (χ3v) is 4.95. The van der Waals surface area contributed by atoms with E-state index in [1.54, 1.807) is 24.3 Å². The molecule has 0 amide bonds. The van der Waals surface area contributed by atoms with Crippen molar-refractivity contribution >= 4 is 0 Å². The minimum Gasteiger partial charge on any atom is -0.508 e. The van der Waals surface area contributed by atoms with Gasteiger partial charge >= 0.3 is 0 Å². The molecule has 0 aliphatic heterocycles. The maximum Gasteiger partial charge on any atom is 0.134 e. The second-order valence-electron chi connectivity index (χ2n) is 8.63. The zero-order valence-corrected chi connectivity index (χ0v) is 17.9. The fraction of sp³-hybridized carbons (Fsp3) is 0.500. The van der Waals surface area contributed by atoms with Crippen LogP contribution in [-0.4, -0.2) is 10.2 Å². The summed E-state index contributed by atoms with van der Waals surface area (Å²) in [5.41, 5.74) is 3.99. The number of phenols is 2. The minimum atomic E-state index is 0.215. The third-order valence-electron chi connectivity index (χ3n) is 4.95. The number of hydrogen-bond donors (Lipinski definition) is 2. The molecule has 2 aromatic carbocycles. The summed E-state index contributed by atoms with van der Waals surface area (Å²) in [6.45, 7) is 16.9. The van der Waals surface area contributed by atoms with Crippen molar-refractivity contribution in [1.29, 1.82) is 0 Å². The van der Waals surface area contributed by atoms with E-state index >= 15 is 0 Å². The van der Waals surface area contributed by atoms with Crippen molar-refractivity contribution in [3.8, 4) is 23.0 Å². The summed E-state index contributed by atoms with van der Waals surface area (Å²) in [4.78, 5) is 0. The average Bonchev–Trinajstić information content (AvgIpc) is 2.55. The molecule has 0 unspecified atom stereocenters. The molecule has 2 rings (SSSR count). The first-order chi connectivity index (χ1) is 12.5. The van der Waals surface area contributed by atoms with Gasteiger partial charge in [0.1, 0.15) is 23.0 Å². The molecule has 27 heavy (non-hydrogen) atoms. The molecule has 2 N–H and O–H groups in total. The van der Waals surface area contributed by atoms with Crippen LogP contribution in [0.1, 0.15) is 101 Å². The second-order valence-corrected chi connectivity index (χ2v) is 8.63. The standard InChI is InChI=1S/C24H34O3/c1-13(2)19-9-17(25)10-20(14(3)4)23(19)27-24-21(15(5)6)11-18(26)12-22(24)16(7)8/h9-16,25-26H,1-8H3. The summed E-state index contributed by atoms with van der Waals surface area (Å²) in [6, 6.07) is 7.21. The van der Waals surface area contributed by atoms with Gasteiger partial charge in [-0.2, -0.15) is 0 Å². The van der Waals surface area contributed by atoms with Crippen LogP contribution in [0.3, 0.4) is 0 Å². The molecule has 0 saturated heterocycles. The number of aromatic hydroxyl groups is 2. The molecule has 0 aliphatic rings. The SMILES string of the molecule is CC(C)c1cc(O)cc(C(C)C)c1Oc1c(C(C)C)cc(O)cc1C(C)C. The van der Waals surface area contributed by atoms with Crippen molar-refractivity contribution < 1.29 is 14.9 Å². The van der Waals surface area contributed by atoms with E-state index < -0.39 is 0 Å². The Morgan fingerprint density at radius 1 is 0.519 bits per heavy atom. The van der Waals surface area contributed by atoms with E-state index in [9.17, 15) is 10.2 Å². The molecule has 0 saturated carbocycles. The molecule has 3 nitrogen and oxygen atoms in total. The lowest BCUT2D eigenvalue weighted by molar-refractivity contribution is 0.431. The van der Waals surface area contributed by atoms with Gasteiger partial charge in [-0.3, -0.25) is 0 Å². The maximum atomic E-state index is 10.2. The summed E-state index contributed by atoms with van der Waals surface area (Å²) in [7, 11) is 0. The Hall–Kier alpha value is -2.16. The highest BCUT2D eigenvalue weighted by molar-refractivity contribution is 5.56. The first-order valence-corrected chi connectivity index (χ1v) is 9.94. The fourth-order valence-corrected chi connectivity index (χ4v) is 3.37. The second kappa shape index (κ2) is 8.24. The van der Waals surface area contributed by atoms with Crippen molar-refractivity contribution in [2.75, 3.05) is 0 Å². The summed E-state index contributed by atoms with van der Waals surface area (Å²) < 4.78 is 6.64. The van der Waals surface area contributed by atoms with Crippen LogP contribution in [0, 0.1) is 0 Å². The van der Waals surface area contributed by atoms with Gasteiger partial charge in [-0.25, -0.2) is 0 Å². The summed E-state index contributed by atoms with van der Waals surface area (Å²) in [5, 5.41) is 20.4. The van der Waals surface area contributed by atoms with Gasteiger partial charge in [0, 0.05) is 22.3 Å². The molecule has 0 heterocycles. The predicted octanol–water partition coefficient (Wildman–Crippen LogP) is 7.38. The van der Waals surface area contributed by atoms with Gasteiger partial charge in [-0.05, 0) is 47.9 Å². The Morgan fingerprint density at radius 3 is 0.926 bits per heavy atom. The Bertz CT molecular complexity index is 676. The maximum absolute atomic E-state index is 10.2. The van der Waals surface area contributed by atoms with E-state index in [2.05, 4.69) is 55.4 Å². The van der Waals surface area contributed by atoms with Crippen LogP contribution in [0.15, 0.2) is 24.3 Å². The van der Waals surface area contributed by atoms with E-state index in [0.717, 1.165) is 33.8 Å². The first kappa shape index (κ1) is 21.1. The van der Waals surface area contributed by atoms with Gasteiger partial charge in [0.05, 0.1) is 0 Å². The molecule has 148 valence electrons. The molecule has 0 atom stereocenters. The Labute approximate surface area is 164 Å². The highest BCUT2D eigenvalue weighted by atomic mass is 16.5. The van der Waals surface area contributed by atoms with Gasteiger partial charge in [-0.15, -0.1) is 0 Å². The van der Waals surface area contributed by atoms with E-state index in [1.165, 1.54) is 0 Å². The molecule has 0 aromatic heterocycles. The molecule has 0 bridgehead atoms. The zero-order valence-electron chi connectivity index (χ0n) is 17.9. The predicted molar refractivity (Wildman–Crippen MR) is 113 cm³/mol. The molecule has 3 heteroatoms. The van der Waals surface area contributed by atoms with Crippen LogP contribution < -0.4 is 4.74 Å². The van der Waals surface area contributed by atoms with Crippen molar-refractivity contribution in [2.24, 2.45) is 0 Å². The molecular formula is C24H34O3.